The van der Waals surface area contributed by atoms with Gasteiger partial charge in [0.25, 0.3) is 5.56 Å². The van der Waals surface area contributed by atoms with Gasteiger partial charge in [-0.05, 0) is 37.6 Å². The van der Waals surface area contributed by atoms with Crippen molar-refractivity contribution < 1.29 is 13.9 Å². The zero-order valence-electron chi connectivity index (χ0n) is 11.8. The first kappa shape index (κ1) is 14.6. The van der Waals surface area contributed by atoms with E-state index >= 15 is 0 Å². The van der Waals surface area contributed by atoms with Gasteiger partial charge in [-0.3, -0.25) is 4.79 Å². The zero-order chi connectivity index (χ0) is 15.4. The van der Waals surface area contributed by atoms with Crippen molar-refractivity contribution in [2.75, 3.05) is 6.61 Å². The van der Waals surface area contributed by atoms with Crippen molar-refractivity contribution in [3.63, 3.8) is 0 Å². The molecule has 0 spiro atoms. The van der Waals surface area contributed by atoms with Gasteiger partial charge < -0.3 is 13.7 Å². The lowest BCUT2D eigenvalue weighted by atomic mass is 10.2. The number of esters is 1. The van der Waals surface area contributed by atoms with Crippen LogP contribution in [-0.2, 0) is 11.3 Å². The number of rotatable bonds is 4. The lowest BCUT2D eigenvalue weighted by Gasteiger charge is -2.05. The summed E-state index contributed by atoms with van der Waals surface area (Å²) in [6, 6.07) is 6.68. The summed E-state index contributed by atoms with van der Waals surface area (Å²) < 4.78 is 11.5. The highest BCUT2D eigenvalue weighted by Gasteiger charge is 2.13. The average molecular weight is 286 g/mol. The van der Waals surface area contributed by atoms with Crippen LogP contribution in [0.15, 0.2) is 33.6 Å². The van der Waals surface area contributed by atoms with E-state index in [0.717, 1.165) is 0 Å². The summed E-state index contributed by atoms with van der Waals surface area (Å²) in [5.74, 6) is -0.0156. The first-order valence-electron chi connectivity index (χ1n) is 6.42. The molecule has 0 saturated heterocycles. The molecule has 6 heteroatoms. The van der Waals surface area contributed by atoms with Gasteiger partial charge in [0, 0.05) is 6.20 Å². The molecule has 2 rings (SSSR count). The fourth-order valence-corrected chi connectivity index (χ4v) is 1.87. The van der Waals surface area contributed by atoms with Crippen molar-refractivity contribution in [2.24, 2.45) is 0 Å². The van der Waals surface area contributed by atoms with Crippen LogP contribution in [0.4, 0.5) is 0 Å². The predicted molar refractivity (Wildman–Crippen MR) is 73.9 cm³/mol. The van der Waals surface area contributed by atoms with E-state index in [1.807, 2.05) is 6.07 Å². The molecule has 0 saturated carbocycles. The molecule has 0 bridgehead atoms. The largest absolute Gasteiger partial charge is 0.460 e. The lowest BCUT2D eigenvalue weighted by Crippen LogP contribution is -2.23. The van der Waals surface area contributed by atoms with Crippen LogP contribution < -0.4 is 5.56 Å². The van der Waals surface area contributed by atoms with Gasteiger partial charge in [0.15, 0.2) is 0 Å². The molecule has 0 atom stereocenters. The Morgan fingerprint density at radius 1 is 1.43 bits per heavy atom. The van der Waals surface area contributed by atoms with E-state index in [0.29, 0.717) is 11.3 Å². The molecule has 6 nitrogen and oxygen atoms in total. The fourth-order valence-electron chi connectivity index (χ4n) is 1.87. The number of carbonyl (C=O) groups excluding carboxylic acids is 1. The second-order valence-corrected chi connectivity index (χ2v) is 4.41. The SMILES string of the molecule is CCOC(=O)c1ccc(Cn2ccc(C)c(C#N)c2=O)o1. The standard InChI is InChI=1S/C15H14N2O4/c1-3-20-15(19)13-5-4-11(21-13)9-17-7-6-10(2)12(8-16)14(17)18/h4-7H,3,9H2,1-2H3. The van der Waals surface area contributed by atoms with Crippen LogP contribution in [0.2, 0.25) is 0 Å². The molecular formula is C15H14N2O4. The highest BCUT2D eigenvalue weighted by molar-refractivity contribution is 5.86. The van der Waals surface area contributed by atoms with E-state index < -0.39 is 5.97 Å². The summed E-state index contributed by atoms with van der Waals surface area (Å²) in [5.41, 5.74) is 0.353. The number of pyridine rings is 1. The summed E-state index contributed by atoms with van der Waals surface area (Å²) in [7, 11) is 0. The number of hydrogen-bond acceptors (Lipinski definition) is 5. The number of ether oxygens (including phenoxy) is 1. The van der Waals surface area contributed by atoms with Crippen LogP contribution in [0.5, 0.6) is 0 Å². The smallest absolute Gasteiger partial charge is 0.374 e. The Labute approximate surface area is 121 Å². The van der Waals surface area contributed by atoms with Crippen molar-refractivity contribution in [3.05, 3.63) is 57.4 Å². The molecule has 0 aliphatic rings. The summed E-state index contributed by atoms with van der Waals surface area (Å²) in [6.07, 6.45) is 1.59. The zero-order valence-corrected chi connectivity index (χ0v) is 11.8. The van der Waals surface area contributed by atoms with Crippen molar-refractivity contribution >= 4 is 5.97 Å². The van der Waals surface area contributed by atoms with E-state index in [9.17, 15) is 9.59 Å². The van der Waals surface area contributed by atoms with Crippen molar-refractivity contribution in [2.45, 2.75) is 20.4 Å². The molecule has 0 aliphatic heterocycles. The molecule has 0 fully saturated rings. The number of nitriles is 1. The number of carbonyl (C=O) groups is 1. The van der Waals surface area contributed by atoms with Gasteiger partial charge in [-0.25, -0.2) is 4.79 Å². The number of aromatic nitrogens is 1. The molecular weight excluding hydrogens is 272 g/mol. The summed E-state index contributed by atoms with van der Waals surface area (Å²) >= 11 is 0. The normalized spacial score (nSPS) is 10.1. The highest BCUT2D eigenvalue weighted by Crippen LogP contribution is 2.11. The predicted octanol–water partition coefficient (Wildman–Crippen LogP) is 1.85. The Kier molecular flexibility index (Phi) is 4.24. The van der Waals surface area contributed by atoms with Crippen LogP contribution >= 0.6 is 0 Å². The van der Waals surface area contributed by atoms with E-state index in [1.54, 1.807) is 32.2 Å². The third kappa shape index (κ3) is 3.03. The van der Waals surface area contributed by atoms with E-state index in [4.69, 9.17) is 14.4 Å². The minimum Gasteiger partial charge on any atom is -0.460 e. The van der Waals surface area contributed by atoms with Gasteiger partial charge >= 0.3 is 5.97 Å². The molecule has 2 heterocycles. The molecule has 0 N–H and O–H groups in total. The topological polar surface area (TPSA) is 85.2 Å². The number of furan rings is 1. The molecule has 0 radical (unpaired) electrons. The second kappa shape index (κ2) is 6.09. The van der Waals surface area contributed by atoms with Gasteiger partial charge in [0.05, 0.1) is 13.2 Å². The van der Waals surface area contributed by atoms with E-state index in [-0.39, 0.29) is 30.0 Å². The van der Waals surface area contributed by atoms with Crippen molar-refractivity contribution in [3.8, 4) is 6.07 Å². The van der Waals surface area contributed by atoms with Crippen LogP contribution in [0, 0.1) is 18.3 Å². The lowest BCUT2D eigenvalue weighted by molar-refractivity contribution is 0.0488. The number of nitrogens with zero attached hydrogens (tertiary/aromatic N) is 2. The Morgan fingerprint density at radius 3 is 2.86 bits per heavy atom. The quantitative estimate of drug-likeness (QED) is 0.801. The molecule has 0 unspecified atom stereocenters. The van der Waals surface area contributed by atoms with Gasteiger partial charge in [0.1, 0.15) is 17.4 Å². The van der Waals surface area contributed by atoms with Crippen LogP contribution in [0.1, 0.15) is 34.4 Å². The van der Waals surface area contributed by atoms with Crippen molar-refractivity contribution in [1.29, 1.82) is 5.26 Å². The molecule has 2 aromatic heterocycles. The molecule has 0 aliphatic carbocycles. The fraction of sp³-hybridized carbons (Fsp3) is 0.267. The maximum atomic E-state index is 12.1. The molecule has 21 heavy (non-hydrogen) atoms. The van der Waals surface area contributed by atoms with Crippen LogP contribution in [0.25, 0.3) is 0 Å². The first-order chi connectivity index (χ1) is 10.1. The van der Waals surface area contributed by atoms with E-state index in [1.165, 1.54) is 10.6 Å². The van der Waals surface area contributed by atoms with Crippen molar-refractivity contribution in [1.82, 2.24) is 4.57 Å². The average Bonchev–Trinajstić information content (AvgIpc) is 2.92. The molecule has 108 valence electrons. The summed E-state index contributed by atoms with van der Waals surface area (Å²) in [4.78, 5) is 23.6. The Hall–Kier alpha value is -2.81. The maximum Gasteiger partial charge on any atom is 0.374 e. The Balaban J connectivity index is 2.26. The van der Waals surface area contributed by atoms with Gasteiger partial charge in [-0.2, -0.15) is 5.26 Å². The molecule has 0 aromatic carbocycles. The maximum absolute atomic E-state index is 12.1. The molecule has 2 aromatic rings. The second-order valence-electron chi connectivity index (χ2n) is 4.41. The molecule has 0 amide bonds. The van der Waals surface area contributed by atoms with Crippen LogP contribution in [0.3, 0.4) is 0 Å². The summed E-state index contributed by atoms with van der Waals surface area (Å²) in [5, 5.41) is 8.98. The Bertz CT molecular complexity index is 765. The highest BCUT2D eigenvalue weighted by atomic mass is 16.5. The van der Waals surface area contributed by atoms with E-state index in [2.05, 4.69) is 0 Å². The number of aryl methyl sites for hydroxylation is 1. The van der Waals surface area contributed by atoms with Gasteiger partial charge in [0.2, 0.25) is 5.76 Å². The minimum absolute atomic E-state index is 0.0903. The van der Waals surface area contributed by atoms with Gasteiger partial charge in [-0.15, -0.1) is 0 Å². The minimum atomic E-state index is -0.544. The third-order valence-corrected chi connectivity index (χ3v) is 2.95. The number of hydrogen-bond donors (Lipinski definition) is 0. The third-order valence-electron chi connectivity index (χ3n) is 2.95. The van der Waals surface area contributed by atoms with Crippen LogP contribution in [-0.4, -0.2) is 17.1 Å². The van der Waals surface area contributed by atoms with Gasteiger partial charge in [-0.1, -0.05) is 0 Å². The summed E-state index contributed by atoms with van der Waals surface area (Å²) in [6.45, 7) is 3.82. The first-order valence-corrected chi connectivity index (χ1v) is 6.42. The Morgan fingerprint density at radius 2 is 2.19 bits per heavy atom. The monoisotopic (exact) mass is 286 g/mol.